The van der Waals surface area contributed by atoms with Crippen LogP contribution in [-0.2, 0) is 44.3 Å². The molecule has 0 aliphatic heterocycles. The van der Waals surface area contributed by atoms with E-state index in [1.54, 1.807) is 64.1 Å². The summed E-state index contributed by atoms with van der Waals surface area (Å²) in [5.41, 5.74) is 20.9. The molecule has 25 heteroatoms. The standard InChI is InChI=1S/C33H37FN6O5.C28H25FN4O5.C5H12N2O.CH4/c1-18-21(20-14-25(34)24(27(15-20)45-7)16-36-17-33(3,4)31(35)43)10-8-11-22(18)23-12-9-13-26(19(23)2)37-29(41)28-30(42)39(5)32(44)40(6)38-28;1-15-18(17-12-22(29)21(14-34)24(13-17)38-5)8-6-9-19(15)20-10-7-11-23(16(20)2)30-26(35)25-27(36)32(3)28(37)33(4)31-25;1-5(2,3-6)4(7)8;/h8-15,36H,16-17H2,1-7H3,(H2,35,43)(H,37,41);6-14H,1-5H3,(H,30,35);3,6H2,1-2H3,(H2,7,8);1H4. The minimum Gasteiger partial charge on any atom is -0.496 e. The number of nitrogens with two attached hydrogens (primary N) is 3. The van der Waals surface area contributed by atoms with E-state index in [-0.39, 0.29) is 37.7 Å². The molecule has 0 aliphatic rings. The van der Waals surface area contributed by atoms with Crippen LogP contribution < -0.4 is 65.1 Å². The zero-order chi connectivity index (χ0) is 67.7. The number of carbonyl (C=O) groups is 5. The first-order valence-electron chi connectivity index (χ1n) is 28.3. The van der Waals surface area contributed by atoms with Gasteiger partial charge in [-0.05, 0) is 159 Å². The van der Waals surface area contributed by atoms with Crippen molar-refractivity contribution >= 4 is 41.3 Å². The van der Waals surface area contributed by atoms with E-state index in [1.165, 1.54) is 54.5 Å². The molecule has 8 rings (SSSR count). The van der Waals surface area contributed by atoms with Gasteiger partial charge in [0.15, 0.2) is 6.29 Å². The Bertz CT molecular complexity index is 4430. The van der Waals surface area contributed by atoms with Crippen molar-refractivity contribution in [2.75, 3.05) is 37.9 Å². The molecule has 0 spiro atoms. The Morgan fingerprint density at radius 3 is 1.30 bits per heavy atom. The number of carbonyl (C=O) groups excluding carboxylic acids is 5. The number of ether oxygens (including phenoxy) is 2. The second-order valence-corrected chi connectivity index (χ2v) is 22.7. The van der Waals surface area contributed by atoms with E-state index in [0.29, 0.717) is 46.6 Å². The quantitative estimate of drug-likeness (QED) is 0.0464. The molecule has 2 heterocycles. The number of benzene rings is 6. The van der Waals surface area contributed by atoms with E-state index in [4.69, 9.17) is 26.7 Å². The van der Waals surface area contributed by atoms with E-state index in [1.807, 2.05) is 76.2 Å². The number of nitrogens with zero attached hydrogens (tertiary/aromatic N) is 6. The van der Waals surface area contributed by atoms with E-state index < -0.39 is 74.1 Å². The SMILES string of the molecule is C.CC(C)(CN)C(N)=O.COc1cc(-c2cccc(-c3cccc(NC(=O)c4nn(C)c(=O)n(C)c4=O)c3C)c2C)cc(F)c1C=O.COc1cc(-c2cccc(-c3cccc(NC(=O)c4nn(C)c(=O)n(C)c4=O)c3C)c2C)cc(F)c1CNCC(C)(C)C(N)=O. The molecule has 2 aromatic heterocycles. The largest absolute Gasteiger partial charge is 0.496 e. The van der Waals surface area contributed by atoms with Gasteiger partial charge >= 0.3 is 11.4 Å². The van der Waals surface area contributed by atoms with Crippen LogP contribution >= 0.6 is 0 Å². The minimum absolute atomic E-state index is 0. The van der Waals surface area contributed by atoms with Crippen LogP contribution in [0.1, 0.15) is 94.3 Å². The molecule has 4 amide bonds. The molecule has 0 aliphatic carbocycles. The van der Waals surface area contributed by atoms with Crippen LogP contribution in [0.2, 0.25) is 0 Å². The summed E-state index contributed by atoms with van der Waals surface area (Å²) in [5.74, 6) is -2.94. The van der Waals surface area contributed by atoms with Gasteiger partial charge in [-0.2, -0.15) is 10.2 Å². The van der Waals surface area contributed by atoms with Crippen molar-refractivity contribution in [1.82, 2.24) is 34.0 Å². The minimum atomic E-state index is -0.800. The number of aromatic nitrogens is 6. The summed E-state index contributed by atoms with van der Waals surface area (Å²) in [5, 5.41) is 16.3. The number of primary amides is 2. The lowest BCUT2D eigenvalue weighted by Gasteiger charge is -2.22. The average molecular weight is 1270 g/mol. The number of aryl methyl sites for hydroxylation is 2. The van der Waals surface area contributed by atoms with Crippen molar-refractivity contribution in [3.63, 3.8) is 0 Å². The highest BCUT2D eigenvalue weighted by atomic mass is 19.1. The van der Waals surface area contributed by atoms with Gasteiger partial charge in [0.05, 0.1) is 30.6 Å². The van der Waals surface area contributed by atoms with Crippen LogP contribution in [0.25, 0.3) is 44.5 Å². The summed E-state index contributed by atoms with van der Waals surface area (Å²) >= 11 is 0. The Balaban J connectivity index is 0.000000298. The Kier molecular flexibility index (Phi) is 23.4. The highest BCUT2D eigenvalue weighted by Crippen LogP contribution is 2.40. The monoisotopic (exact) mass is 1260 g/mol. The van der Waals surface area contributed by atoms with Gasteiger partial charge in [-0.1, -0.05) is 68.1 Å². The summed E-state index contributed by atoms with van der Waals surface area (Å²) in [7, 11) is 8.12. The number of anilines is 2. The number of rotatable bonds is 18. The van der Waals surface area contributed by atoms with Gasteiger partial charge in [0.2, 0.25) is 23.2 Å². The maximum absolute atomic E-state index is 15.5. The van der Waals surface area contributed by atoms with Crippen molar-refractivity contribution in [3.8, 4) is 56.0 Å². The van der Waals surface area contributed by atoms with E-state index in [0.717, 1.165) is 74.1 Å². The molecule has 486 valence electrons. The Morgan fingerprint density at radius 1 is 0.565 bits per heavy atom. The first kappa shape index (κ1) is 72.2. The van der Waals surface area contributed by atoms with E-state index >= 15 is 4.39 Å². The van der Waals surface area contributed by atoms with Crippen LogP contribution in [0.5, 0.6) is 11.5 Å². The summed E-state index contributed by atoms with van der Waals surface area (Å²) in [6, 6.07) is 28.1. The van der Waals surface area contributed by atoms with Crippen molar-refractivity contribution in [2.45, 2.75) is 69.4 Å². The third-order valence-corrected chi connectivity index (χ3v) is 15.6. The van der Waals surface area contributed by atoms with Crippen LogP contribution in [-0.4, -0.2) is 85.9 Å². The van der Waals surface area contributed by atoms with Gasteiger partial charge in [-0.15, -0.1) is 0 Å². The van der Waals surface area contributed by atoms with Crippen LogP contribution in [0.3, 0.4) is 0 Å². The summed E-state index contributed by atoms with van der Waals surface area (Å²) in [6.07, 6.45) is 0.421. The summed E-state index contributed by atoms with van der Waals surface area (Å²) in [4.78, 5) is 108. The first-order valence-corrected chi connectivity index (χ1v) is 28.3. The average Bonchev–Trinajstić information content (AvgIpc) is 0.801. The molecular formula is C67H78F2N12O11. The molecule has 0 bridgehead atoms. The fourth-order valence-electron chi connectivity index (χ4n) is 9.49. The van der Waals surface area contributed by atoms with Gasteiger partial charge < -0.3 is 42.6 Å². The maximum Gasteiger partial charge on any atom is 0.346 e. The molecule has 0 saturated carbocycles. The number of aldehydes is 1. The number of amides is 4. The second-order valence-electron chi connectivity index (χ2n) is 22.7. The van der Waals surface area contributed by atoms with E-state index in [9.17, 15) is 47.5 Å². The lowest BCUT2D eigenvalue weighted by molar-refractivity contribution is -0.126. The normalized spacial score (nSPS) is 11.0. The zero-order valence-corrected chi connectivity index (χ0v) is 53.1. The fraction of sp³-hybridized carbons (Fsp3) is 0.299. The van der Waals surface area contributed by atoms with Crippen molar-refractivity contribution in [3.05, 3.63) is 195 Å². The first-order chi connectivity index (χ1) is 42.8. The van der Waals surface area contributed by atoms with Gasteiger partial charge in [-0.25, -0.2) is 27.7 Å². The maximum atomic E-state index is 15.5. The molecule has 0 fully saturated rings. The highest BCUT2D eigenvalue weighted by molar-refractivity contribution is 6.04. The highest BCUT2D eigenvalue weighted by Gasteiger charge is 2.27. The third kappa shape index (κ3) is 15.5. The Hall–Kier alpha value is -10.5. The molecule has 6 aromatic carbocycles. The number of halogens is 2. The third-order valence-electron chi connectivity index (χ3n) is 15.6. The smallest absolute Gasteiger partial charge is 0.346 e. The van der Waals surface area contributed by atoms with Crippen molar-refractivity contribution < 1.29 is 42.2 Å². The molecule has 0 unspecified atom stereocenters. The molecular weight excluding hydrogens is 1190 g/mol. The lowest BCUT2D eigenvalue weighted by Crippen LogP contribution is -2.43. The van der Waals surface area contributed by atoms with Gasteiger partial charge in [0.25, 0.3) is 22.9 Å². The van der Waals surface area contributed by atoms with Gasteiger partial charge in [0, 0.05) is 64.8 Å². The summed E-state index contributed by atoms with van der Waals surface area (Å²) < 4.78 is 44.4. The van der Waals surface area contributed by atoms with Crippen molar-refractivity contribution in [2.24, 2.45) is 56.2 Å². The molecule has 0 atom stereocenters. The number of methoxy groups -OCH3 is 2. The Morgan fingerprint density at radius 2 is 0.935 bits per heavy atom. The number of hydrogen-bond acceptors (Lipinski definition) is 15. The topological polar surface area (TPSA) is 332 Å². The molecule has 92 heavy (non-hydrogen) atoms. The molecule has 0 radical (unpaired) electrons. The van der Waals surface area contributed by atoms with Crippen LogP contribution in [0, 0.1) is 50.2 Å². The summed E-state index contributed by atoms with van der Waals surface area (Å²) in [6.45, 7) is 15.1. The molecule has 0 saturated heterocycles. The van der Waals surface area contributed by atoms with E-state index in [2.05, 4.69) is 26.1 Å². The second kappa shape index (κ2) is 29.9. The van der Waals surface area contributed by atoms with Gasteiger partial charge in [0.1, 0.15) is 23.1 Å². The molecule has 23 nitrogen and oxygen atoms in total. The van der Waals surface area contributed by atoms with Crippen molar-refractivity contribution in [1.29, 1.82) is 0 Å². The van der Waals surface area contributed by atoms with Gasteiger partial charge in [-0.3, -0.25) is 42.7 Å². The van der Waals surface area contributed by atoms with Crippen LogP contribution in [0.4, 0.5) is 20.2 Å². The number of nitrogens with one attached hydrogen (secondary N) is 3. The van der Waals surface area contributed by atoms with Crippen LogP contribution in [0.15, 0.2) is 116 Å². The fourth-order valence-corrected chi connectivity index (χ4v) is 9.49. The molecule has 8 aromatic rings. The predicted octanol–water partition coefficient (Wildman–Crippen LogP) is 7.17. The Labute approximate surface area is 530 Å². The zero-order valence-electron chi connectivity index (χ0n) is 53.1. The molecule has 9 N–H and O–H groups in total. The predicted molar refractivity (Wildman–Crippen MR) is 351 cm³/mol. The number of hydrogen-bond donors (Lipinski definition) is 6. The lowest BCUT2D eigenvalue weighted by atomic mass is 9.90.